The number of aromatic nitrogens is 1. The number of aromatic hydroxyl groups is 1. The van der Waals surface area contributed by atoms with Crippen LogP contribution in [0.25, 0.3) is 10.9 Å². The zero-order valence-corrected chi connectivity index (χ0v) is 18.7. The minimum absolute atomic E-state index is 0.0474. The first-order valence-electron chi connectivity index (χ1n) is 10.8. The number of pyridine rings is 1. The molecule has 0 saturated carbocycles. The fraction of sp³-hybridized carbons (Fsp3) is 0.435. The molecule has 0 aliphatic carbocycles. The zero-order chi connectivity index (χ0) is 22.6. The van der Waals surface area contributed by atoms with Gasteiger partial charge in [0.15, 0.2) is 5.75 Å². The molecule has 0 spiro atoms. The molecular weight excluding hydrogens is 430 g/mol. The van der Waals surface area contributed by atoms with Crippen molar-refractivity contribution in [1.82, 2.24) is 9.47 Å². The lowest BCUT2D eigenvalue weighted by atomic mass is 10.0. The lowest BCUT2D eigenvalue weighted by Crippen LogP contribution is -2.55. The summed E-state index contributed by atoms with van der Waals surface area (Å²) < 4.78 is 2.45. The van der Waals surface area contributed by atoms with Crippen LogP contribution in [0, 0.1) is 0 Å². The summed E-state index contributed by atoms with van der Waals surface area (Å²) in [5.74, 6) is -0.788. The number of carbonyl (C=O) groups is 2. The second-order valence-corrected chi connectivity index (χ2v) is 10.3. The van der Waals surface area contributed by atoms with Gasteiger partial charge in [-0.1, -0.05) is 6.07 Å². The number of rotatable bonds is 5. The van der Waals surface area contributed by atoms with Gasteiger partial charge in [0.1, 0.15) is 18.8 Å². The predicted molar refractivity (Wildman–Crippen MR) is 121 cm³/mol. The highest BCUT2D eigenvalue weighted by atomic mass is 32.2. The van der Waals surface area contributed by atoms with Crippen molar-refractivity contribution in [2.75, 3.05) is 25.4 Å². The maximum Gasteiger partial charge on any atom is 0.352 e. The monoisotopic (exact) mass is 456 g/mol. The van der Waals surface area contributed by atoms with E-state index >= 15 is 0 Å². The smallest absolute Gasteiger partial charge is 0.352 e. The fourth-order valence-electron chi connectivity index (χ4n) is 5.39. The number of hydrogen-bond acceptors (Lipinski definition) is 5. The molecule has 0 bridgehead atoms. The number of carboxylic acids is 1. The van der Waals surface area contributed by atoms with E-state index in [9.17, 15) is 24.6 Å². The van der Waals surface area contributed by atoms with E-state index in [1.165, 1.54) is 11.1 Å². The van der Waals surface area contributed by atoms with Crippen LogP contribution in [0.5, 0.6) is 5.75 Å². The van der Waals surface area contributed by atoms with Crippen molar-refractivity contribution < 1.29 is 24.3 Å². The van der Waals surface area contributed by atoms with Crippen molar-refractivity contribution in [3.05, 3.63) is 51.5 Å². The van der Waals surface area contributed by atoms with Crippen LogP contribution >= 0.6 is 11.8 Å². The van der Waals surface area contributed by atoms with Gasteiger partial charge in [-0.25, -0.2) is 4.79 Å². The van der Waals surface area contributed by atoms with Gasteiger partial charge in [0, 0.05) is 36.8 Å². The molecule has 4 heterocycles. The van der Waals surface area contributed by atoms with E-state index in [0.717, 1.165) is 42.6 Å². The molecular formula is C23H26N3O5S+. The summed E-state index contributed by atoms with van der Waals surface area (Å²) in [5.41, 5.74) is 2.36. The summed E-state index contributed by atoms with van der Waals surface area (Å²) in [4.78, 5) is 38.1. The van der Waals surface area contributed by atoms with Crippen LogP contribution < -0.4 is 5.43 Å². The molecule has 2 N–H and O–H groups in total. The highest BCUT2D eigenvalue weighted by molar-refractivity contribution is 8.00. The Labute approximate surface area is 189 Å². The maximum absolute atomic E-state index is 12.5. The van der Waals surface area contributed by atoms with Crippen molar-refractivity contribution in [3.63, 3.8) is 0 Å². The summed E-state index contributed by atoms with van der Waals surface area (Å²) in [6.45, 7) is 3.11. The quantitative estimate of drug-likeness (QED) is 0.527. The van der Waals surface area contributed by atoms with Crippen LogP contribution in [0.2, 0.25) is 0 Å². The number of likely N-dealkylation sites (tertiary alicyclic amines) is 1. The molecule has 5 rings (SSSR count). The standard InChI is InChI=1S/C23H25N3O5S/c1-24-10-18(27)22(29)16-8-14(4-5-17(16)24)11-26(6-2-3-7-26)12-15-13-32-20-9-19(28)25(20)21(15)23(30)31/h4-5,8,10,20H,2-3,6-7,9,11-13H2,1H3,(H-,27,30,31)/p+1/t20-/m1/s1. The first-order chi connectivity index (χ1) is 15.3. The number of quaternary nitrogens is 1. The molecule has 168 valence electrons. The molecule has 3 aliphatic rings. The second kappa shape index (κ2) is 7.67. The minimum atomic E-state index is -1.03. The van der Waals surface area contributed by atoms with Crippen molar-refractivity contribution >= 4 is 34.5 Å². The van der Waals surface area contributed by atoms with Crippen molar-refractivity contribution in [2.24, 2.45) is 7.05 Å². The zero-order valence-electron chi connectivity index (χ0n) is 17.9. The summed E-state index contributed by atoms with van der Waals surface area (Å²) in [6.07, 6.45) is 3.95. The minimum Gasteiger partial charge on any atom is -0.503 e. The van der Waals surface area contributed by atoms with E-state index in [-0.39, 0.29) is 28.2 Å². The Bertz CT molecular complexity index is 1230. The number of benzene rings is 1. The van der Waals surface area contributed by atoms with Crippen LogP contribution in [0.4, 0.5) is 0 Å². The number of fused-ring (bicyclic) bond motifs is 2. The van der Waals surface area contributed by atoms with Crippen molar-refractivity contribution in [2.45, 2.75) is 31.2 Å². The average molecular weight is 457 g/mol. The largest absolute Gasteiger partial charge is 0.503 e. The molecule has 9 heteroatoms. The molecule has 1 atom stereocenters. The number of carbonyl (C=O) groups excluding carboxylic acids is 1. The van der Waals surface area contributed by atoms with Crippen LogP contribution in [0.3, 0.4) is 0 Å². The molecule has 1 aromatic carbocycles. The Hall–Kier alpha value is -2.78. The van der Waals surface area contributed by atoms with E-state index in [1.54, 1.807) is 23.4 Å². The third-order valence-electron chi connectivity index (χ3n) is 6.93. The Balaban J connectivity index is 1.50. The van der Waals surface area contributed by atoms with Crippen LogP contribution in [-0.4, -0.2) is 66.8 Å². The number of thioether (sulfide) groups is 1. The van der Waals surface area contributed by atoms with E-state index < -0.39 is 5.97 Å². The van der Waals surface area contributed by atoms with Gasteiger partial charge in [0.25, 0.3) is 0 Å². The maximum atomic E-state index is 12.5. The van der Waals surface area contributed by atoms with Gasteiger partial charge in [0.05, 0.1) is 42.0 Å². The number of nitrogens with zero attached hydrogens (tertiary/aromatic N) is 3. The number of aliphatic carboxylic acids is 1. The topological polar surface area (TPSA) is 99.8 Å². The summed E-state index contributed by atoms with van der Waals surface area (Å²) >= 11 is 1.64. The number of hydrogen-bond donors (Lipinski definition) is 2. The predicted octanol–water partition coefficient (Wildman–Crippen LogP) is 2.00. The van der Waals surface area contributed by atoms with E-state index in [0.29, 0.717) is 35.1 Å². The Morgan fingerprint density at radius 1 is 1.22 bits per heavy atom. The van der Waals surface area contributed by atoms with Gasteiger partial charge in [-0.15, -0.1) is 11.8 Å². The molecule has 1 aromatic heterocycles. The molecule has 0 radical (unpaired) electrons. The Morgan fingerprint density at radius 2 is 1.97 bits per heavy atom. The molecule has 0 unspecified atom stereocenters. The molecule has 1 amide bonds. The van der Waals surface area contributed by atoms with Crippen LogP contribution in [0.15, 0.2) is 40.5 Å². The van der Waals surface area contributed by atoms with Gasteiger partial charge < -0.3 is 19.3 Å². The Kier molecular flexibility index (Phi) is 5.05. The molecule has 3 aliphatic heterocycles. The Morgan fingerprint density at radius 3 is 2.66 bits per heavy atom. The summed E-state index contributed by atoms with van der Waals surface area (Å²) in [5, 5.41) is 20.3. The normalized spacial score (nSPS) is 22.2. The first kappa shape index (κ1) is 21.1. The second-order valence-electron chi connectivity index (χ2n) is 9.11. The van der Waals surface area contributed by atoms with Crippen molar-refractivity contribution in [1.29, 1.82) is 0 Å². The number of aryl methyl sites for hydroxylation is 1. The van der Waals surface area contributed by atoms with E-state index in [2.05, 4.69) is 0 Å². The number of carboxylic acid groups (broad SMARTS) is 1. The molecule has 8 nitrogen and oxygen atoms in total. The summed E-state index contributed by atoms with van der Waals surface area (Å²) in [7, 11) is 1.79. The van der Waals surface area contributed by atoms with Crippen LogP contribution in [-0.2, 0) is 23.2 Å². The van der Waals surface area contributed by atoms with Gasteiger partial charge in [0.2, 0.25) is 11.3 Å². The number of β-lactam (4-membered cyclic amide) rings is 1. The third kappa shape index (κ3) is 3.40. The van der Waals surface area contributed by atoms with E-state index in [1.807, 2.05) is 18.2 Å². The lowest BCUT2D eigenvalue weighted by Gasteiger charge is -2.45. The molecule has 2 fully saturated rings. The van der Waals surface area contributed by atoms with Crippen LogP contribution in [0.1, 0.15) is 24.8 Å². The first-order valence-corrected chi connectivity index (χ1v) is 11.9. The molecule has 32 heavy (non-hydrogen) atoms. The van der Waals surface area contributed by atoms with E-state index in [4.69, 9.17) is 0 Å². The fourth-order valence-corrected chi connectivity index (χ4v) is 6.64. The molecule has 2 saturated heterocycles. The SMILES string of the molecule is Cn1cc(O)c(=O)c2cc(C[N+]3(CC4=C(C(=O)O)N5C(=O)C[C@H]5SC4)CCCC3)ccc21. The van der Waals surface area contributed by atoms with Gasteiger partial charge in [-0.05, 0) is 12.1 Å². The van der Waals surface area contributed by atoms with Gasteiger partial charge >= 0.3 is 5.97 Å². The van der Waals surface area contributed by atoms with Gasteiger partial charge in [-0.3, -0.25) is 14.5 Å². The van der Waals surface area contributed by atoms with Gasteiger partial charge in [-0.2, -0.15) is 0 Å². The highest BCUT2D eigenvalue weighted by Crippen LogP contribution is 2.41. The average Bonchev–Trinajstić information content (AvgIpc) is 3.19. The molecule has 2 aromatic rings. The lowest BCUT2D eigenvalue weighted by molar-refractivity contribution is -0.925. The third-order valence-corrected chi connectivity index (χ3v) is 8.20. The number of amides is 1. The van der Waals surface area contributed by atoms with Crippen molar-refractivity contribution in [3.8, 4) is 5.75 Å². The summed E-state index contributed by atoms with van der Waals surface area (Å²) in [6, 6.07) is 5.76. The highest BCUT2D eigenvalue weighted by Gasteiger charge is 2.47.